The lowest BCUT2D eigenvalue weighted by Crippen LogP contribution is -2.47. The molecule has 116 valence electrons. The van der Waals surface area contributed by atoms with Crippen molar-refractivity contribution in [3.05, 3.63) is 35.9 Å². The number of benzene rings is 1. The van der Waals surface area contributed by atoms with Crippen molar-refractivity contribution in [2.45, 2.75) is 31.4 Å². The monoisotopic (exact) mass is 291 g/mol. The number of hydrogen-bond donors (Lipinski definition) is 3. The van der Waals surface area contributed by atoms with Crippen LogP contribution in [0.1, 0.15) is 18.4 Å². The summed E-state index contributed by atoms with van der Waals surface area (Å²) >= 11 is 0. The minimum absolute atomic E-state index is 0.254. The number of nitrogens with one attached hydrogen (secondary N) is 1. The normalized spacial score (nSPS) is 18.5. The standard InChI is InChI=1S/C16H25N3O2/c17-16(21)15(20)12-18-14-7-10-19(11-8-14)9-6-13-4-2-1-3-5-13/h1-5,14-15,18,20H,6-12H2,(H2,17,21). The number of piperidine rings is 1. The summed E-state index contributed by atoms with van der Waals surface area (Å²) in [4.78, 5) is 13.2. The Morgan fingerprint density at radius 3 is 2.62 bits per heavy atom. The molecule has 1 atom stereocenters. The number of primary amides is 1. The van der Waals surface area contributed by atoms with Crippen molar-refractivity contribution in [2.24, 2.45) is 5.73 Å². The number of rotatable bonds is 7. The van der Waals surface area contributed by atoms with Gasteiger partial charge in [-0.1, -0.05) is 30.3 Å². The molecule has 5 heteroatoms. The lowest BCUT2D eigenvalue weighted by molar-refractivity contribution is -0.125. The van der Waals surface area contributed by atoms with Crippen LogP contribution in [0, 0.1) is 0 Å². The van der Waals surface area contributed by atoms with Crippen molar-refractivity contribution in [3.8, 4) is 0 Å². The molecule has 1 unspecified atom stereocenters. The van der Waals surface area contributed by atoms with Crippen LogP contribution < -0.4 is 11.1 Å². The van der Waals surface area contributed by atoms with Gasteiger partial charge in [-0.25, -0.2) is 0 Å². The number of carbonyl (C=O) groups is 1. The fraction of sp³-hybridized carbons (Fsp3) is 0.562. The molecule has 1 fully saturated rings. The van der Waals surface area contributed by atoms with Crippen LogP contribution in [0.5, 0.6) is 0 Å². The summed E-state index contributed by atoms with van der Waals surface area (Å²) in [6.45, 7) is 3.44. The van der Waals surface area contributed by atoms with E-state index < -0.39 is 12.0 Å². The third-order valence-corrected chi connectivity index (χ3v) is 4.08. The van der Waals surface area contributed by atoms with Crippen LogP contribution in [-0.2, 0) is 11.2 Å². The Bertz CT molecular complexity index is 430. The molecule has 5 nitrogen and oxygen atoms in total. The highest BCUT2D eigenvalue weighted by atomic mass is 16.3. The van der Waals surface area contributed by atoms with Crippen LogP contribution in [0.4, 0.5) is 0 Å². The first-order chi connectivity index (χ1) is 10.1. The number of aliphatic hydroxyl groups is 1. The van der Waals surface area contributed by atoms with Gasteiger partial charge in [-0.05, 0) is 37.9 Å². The van der Waals surface area contributed by atoms with E-state index >= 15 is 0 Å². The molecule has 1 aliphatic heterocycles. The van der Waals surface area contributed by atoms with Gasteiger partial charge in [0, 0.05) is 19.1 Å². The van der Waals surface area contributed by atoms with Gasteiger partial charge < -0.3 is 21.1 Å². The zero-order valence-electron chi connectivity index (χ0n) is 12.4. The summed E-state index contributed by atoms with van der Waals surface area (Å²) in [7, 11) is 0. The predicted octanol–water partition coefficient (Wildman–Crippen LogP) is 0.129. The highest BCUT2D eigenvalue weighted by Gasteiger charge is 2.20. The van der Waals surface area contributed by atoms with E-state index in [1.165, 1.54) is 5.56 Å². The van der Waals surface area contributed by atoms with E-state index in [1.807, 2.05) is 6.07 Å². The molecule has 2 rings (SSSR count). The molecule has 21 heavy (non-hydrogen) atoms. The Kier molecular flexibility index (Phi) is 6.17. The van der Waals surface area contributed by atoms with E-state index in [4.69, 9.17) is 5.73 Å². The second kappa shape index (κ2) is 8.12. The third-order valence-electron chi connectivity index (χ3n) is 4.08. The highest BCUT2D eigenvalue weighted by molar-refractivity contribution is 5.78. The molecule has 0 bridgehead atoms. The van der Waals surface area contributed by atoms with Gasteiger partial charge in [-0.2, -0.15) is 0 Å². The van der Waals surface area contributed by atoms with Gasteiger partial charge in [0.1, 0.15) is 6.10 Å². The maximum atomic E-state index is 10.8. The molecule has 1 aromatic carbocycles. The Morgan fingerprint density at radius 2 is 2.00 bits per heavy atom. The molecule has 0 aromatic heterocycles. The van der Waals surface area contributed by atoms with Crippen LogP contribution in [0.2, 0.25) is 0 Å². The van der Waals surface area contributed by atoms with Crippen molar-refractivity contribution in [1.29, 1.82) is 0 Å². The molecule has 0 spiro atoms. The van der Waals surface area contributed by atoms with Gasteiger partial charge in [-0.3, -0.25) is 4.79 Å². The minimum Gasteiger partial charge on any atom is -0.382 e. The highest BCUT2D eigenvalue weighted by Crippen LogP contribution is 2.11. The largest absolute Gasteiger partial charge is 0.382 e. The van der Waals surface area contributed by atoms with E-state index in [-0.39, 0.29) is 6.54 Å². The van der Waals surface area contributed by atoms with Crippen molar-refractivity contribution in [1.82, 2.24) is 10.2 Å². The first-order valence-corrected chi connectivity index (χ1v) is 7.62. The fourth-order valence-corrected chi connectivity index (χ4v) is 2.67. The number of nitrogens with two attached hydrogens (primary N) is 1. The number of amides is 1. The first-order valence-electron chi connectivity index (χ1n) is 7.62. The number of carbonyl (C=O) groups excluding carboxylic acids is 1. The Hall–Kier alpha value is -1.43. The molecule has 1 saturated heterocycles. The van der Waals surface area contributed by atoms with E-state index in [2.05, 4.69) is 34.5 Å². The minimum atomic E-state index is -1.08. The Balaban J connectivity index is 1.63. The number of aliphatic hydroxyl groups excluding tert-OH is 1. The number of hydrogen-bond acceptors (Lipinski definition) is 4. The average molecular weight is 291 g/mol. The second-order valence-electron chi connectivity index (χ2n) is 5.68. The fourth-order valence-electron chi connectivity index (χ4n) is 2.67. The maximum absolute atomic E-state index is 10.8. The summed E-state index contributed by atoms with van der Waals surface area (Å²) in [6, 6.07) is 10.9. The lowest BCUT2D eigenvalue weighted by Gasteiger charge is -2.32. The maximum Gasteiger partial charge on any atom is 0.247 e. The lowest BCUT2D eigenvalue weighted by atomic mass is 10.0. The van der Waals surface area contributed by atoms with Gasteiger partial charge in [0.05, 0.1) is 0 Å². The van der Waals surface area contributed by atoms with E-state index in [0.717, 1.165) is 38.9 Å². The summed E-state index contributed by atoms with van der Waals surface area (Å²) in [5.74, 6) is -0.664. The molecule has 1 aliphatic rings. The smallest absolute Gasteiger partial charge is 0.247 e. The molecular formula is C16H25N3O2. The zero-order valence-corrected chi connectivity index (χ0v) is 12.4. The molecule has 1 heterocycles. The molecule has 1 aromatic rings. The van der Waals surface area contributed by atoms with Gasteiger partial charge in [-0.15, -0.1) is 0 Å². The van der Waals surface area contributed by atoms with Crippen molar-refractivity contribution < 1.29 is 9.90 Å². The SMILES string of the molecule is NC(=O)C(O)CNC1CCN(CCc2ccccc2)CC1. The van der Waals surface area contributed by atoms with Crippen LogP contribution in [0.3, 0.4) is 0 Å². The Morgan fingerprint density at radius 1 is 1.33 bits per heavy atom. The van der Waals surface area contributed by atoms with Gasteiger partial charge in [0.25, 0.3) is 0 Å². The first kappa shape index (κ1) is 15.9. The summed E-state index contributed by atoms with van der Waals surface area (Å²) in [5, 5.41) is 12.6. The quantitative estimate of drug-likeness (QED) is 0.667. The van der Waals surface area contributed by atoms with Crippen LogP contribution in [0.15, 0.2) is 30.3 Å². The van der Waals surface area contributed by atoms with E-state index in [1.54, 1.807) is 0 Å². The van der Waals surface area contributed by atoms with Crippen LogP contribution in [0.25, 0.3) is 0 Å². The summed E-state index contributed by atoms with van der Waals surface area (Å²) in [6.07, 6.45) is 2.08. The molecule has 1 amide bonds. The van der Waals surface area contributed by atoms with E-state index in [0.29, 0.717) is 6.04 Å². The topological polar surface area (TPSA) is 78.6 Å². The molecular weight excluding hydrogens is 266 g/mol. The zero-order chi connectivity index (χ0) is 15.1. The second-order valence-corrected chi connectivity index (χ2v) is 5.68. The van der Waals surface area contributed by atoms with Crippen LogP contribution >= 0.6 is 0 Å². The van der Waals surface area contributed by atoms with Gasteiger partial charge >= 0.3 is 0 Å². The number of likely N-dealkylation sites (tertiary alicyclic amines) is 1. The third kappa shape index (κ3) is 5.46. The van der Waals surface area contributed by atoms with Crippen LogP contribution in [-0.4, -0.2) is 54.2 Å². The predicted molar refractivity (Wildman–Crippen MR) is 82.8 cm³/mol. The summed E-state index contributed by atoms with van der Waals surface area (Å²) in [5.41, 5.74) is 6.41. The molecule has 0 radical (unpaired) electrons. The molecule has 4 N–H and O–H groups in total. The Labute approximate surface area is 126 Å². The van der Waals surface area contributed by atoms with Gasteiger partial charge in [0.15, 0.2) is 0 Å². The van der Waals surface area contributed by atoms with E-state index in [9.17, 15) is 9.90 Å². The molecule has 0 aliphatic carbocycles. The number of nitrogens with zero attached hydrogens (tertiary/aromatic N) is 1. The van der Waals surface area contributed by atoms with Gasteiger partial charge in [0.2, 0.25) is 5.91 Å². The molecule has 0 saturated carbocycles. The average Bonchev–Trinajstić information content (AvgIpc) is 2.52. The van der Waals surface area contributed by atoms with Crippen molar-refractivity contribution in [2.75, 3.05) is 26.2 Å². The summed E-state index contributed by atoms with van der Waals surface area (Å²) < 4.78 is 0. The van der Waals surface area contributed by atoms with Crippen molar-refractivity contribution >= 4 is 5.91 Å². The van der Waals surface area contributed by atoms with Crippen molar-refractivity contribution in [3.63, 3.8) is 0 Å².